The van der Waals surface area contributed by atoms with Crippen LogP contribution in [-0.2, 0) is 10.8 Å². The minimum absolute atomic E-state index is 0.403. The van der Waals surface area contributed by atoms with Crippen LogP contribution in [0.3, 0.4) is 0 Å². The Kier molecular flexibility index (Phi) is 16.1. The Labute approximate surface area is 637 Å². The Balaban J connectivity index is 0.000000143. The zero-order valence-electron chi connectivity index (χ0n) is 59.1. The predicted molar refractivity (Wildman–Crippen MR) is 459 cm³/mol. The maximum Gasteiger partial charge on any atom is 0.0714 e. The summed E-state index contributed by atoms with van der Waals surface area (Å²) < 4.78 is 5.17. The molecular weight excluding hydrogens is 1340 g/mol. The number of benzene rings is 17. The summed E-state index contributed by atoms with van der Waals surface area (Å²) in [6, 6.07) is 156. The maximum absolute atomic E-state index is 2.47. The second kappa shape index (κ2) is 27.0. The van der Waals surface area contributed by atoms with Crippen LogP contribution >= 0.6 is 22.7 Å². The van der Waals surface area contributed by atoms with Crippen molar-refractivity contribution in [2.45, 2.75) is 10.8 Å². The number of hydrogen-bond acceptors (Lipinski definition) is 4. The van der Waals surface area contributed by atoms with Crippen LogP contribution in [0.15, 0.2) is 425 Å². The van der Waals surface area contributed by atoms with Crippen LogP contribution in [0.2, 0.25) is 0 Å². The molecule has 0 saturated heterocycles. The quantitative estimate of drug-likeness (QED) is 0.114. The molecule has 0 radical (unpaired) electrons. The fourth-order valence-electron chi connectivity index (χ4n) is 17.5. The molecule has 0 unspecified atom stereocenters. The third-order valence-electron chi connectivity index (χ3n) is 22.3. The van der Waals surface area contributed by atoms with Gasteiger partial charge in [-0.3, -0.25) is 0 Å². The topological polar surface area (TPSA) is 6.48 Å². The van der Waals surface area contributed by atoms with Gasteiger partial charge < -0.3 is 9.80 Å². The summed E-state index contributed by atoms with van der Waals surface area (Å²) in [5.74, 6) is 0. The average molecular weight is 1410 g/mol. The van der Waals surface area contributed by atoms with Gasteiger partial charge in [0.15, 0.2) is 0 Å². The van der Waals surface area contributed by atoms with Crippen LogP contribution in [0.1, 0.15) is 44.5 Å². The summed E-state index contributed by atoms with van der Waals surface area (Å²) in [4.78, 5) is 4.75. The largest absolute Gasteiger partial charge is 0.310 e. The Morgan fingerprint density at radius 1 is 0.167 bits per heavy atom. The molecule has 2 aliphatic rings. The van der Waals surface area contributed by atoms with Crippen molar-refractivity contribution in [1.29, 1.82) is 0 Å². The average Bonchev–Trinajstić information content (AvgIpc) is 1.53. The van der Waals surface area contributed by atoms with Crippen molar-refractivity contribution in [1.82, 2.24) is 0 Å². The first-order chi connectivity index (χ1) is 53.5. The van der Waals surface area contributed by atoms with E-state index in [-0.39, 0.29) is 0 Å². The first-order valence-electron chi connectivity index (χ1n) is 37.1. The first-order valence-corrected chi connectivity index (χ1v) is 38.7. The molecule has 0 N–H and O–H groups in total. The lowest BCUT2D eigenvalue weighted by molar-refractivity contribution is 0.770. The highest BCUT2D eigenvalue weighted by molar-refractivity contribution is 7.26. The van der Waals surface area contributed by atoms with E-state index >= 15 is 0 Å². The molecule has 108 heavy (non-hydrogen) atoms. The number of hydrogen-bond donors (Lipinski definition) is 0. The van der Waals surface area contributed by atoms with Gasteiger partial charge in [0.2, 0.25) is 0 Å². The highest BCUT2D eigenvalue weighted by Gasteiger charge is 2.47. The lowest BCUT2D eigenvalue weighted by Gasteiger charge is -2.33. The first kappa shape index (κ1) is 64.4. The van der Waals surface area contributed by atoms with E-state index in [0.717, 1.165) is 34.1 Å². The third kappa shape index (κ3) is 10.8. The molecular formula is C104H70N2S2. The van der Waals surface area contributed by atoms with Crippen LogP contribution < -0.4 is 9.80 Å². The lowest BCUT2D eigenvalue weighted by atomic mass is 9.67. The van der Waals surface area contributed by atoms with Crippen molar-refractivity contribution < 1.29 is 0 Å². The molecule has 19 aromatic rings. The minimum atomic E-state index is -0.418. The van der Waals surface area contributed by atoms with Gasteiger partial charge in [0.1, 0.15) is 0 Å². The number of anilines is 6. The standard InChI is InChI=1S/C55H37NS.C49H33NS/c1-4-14-38(15-5-1)40-24-29-44(30-25-40)56(45-31-26-41(27-32-45)39-16-6-2-7-17-39)46-33-35-53-50(37-46)49-34-28-43(36-54(49)57-53)55(42-18-8-3-9-19-42)51-22-12-10-20-47(51)48-21-11-13-23-52(48)55;1-4-14-34(15-5-1)35-24-27-39(28-25-35)50(38-18-8-3-9-19-38)40-29-31-47-44(33-40)43-30-26-37(32-48(43)51-47)49(36-16-6-2-7-17-36)45-22-12-10-20-41(45)42-21-11-13-23-46(42)49/h1-37H;1-33H. The van der Waals surface area contributed by atoms with Gasteiger partial charge in [-0.1, -0.05) is 328 Å². The molecule has 21 rings (SSSR count). The van der Waals surface area contributed by atoms with E-state index in [1.165, 1.54) is 140 Å². The molecule has 2 heterocycles. The SMILES string of the molecule is c1ccc(-c2ccc(N(c3ccc(-c4ccccc4)cc3)c3ccc4sc5cc(C6(c7ccccc7)c7ccccc7-c7ccccc76)ccc5c4c3)cc2)cc1.c1ccc(-c2ccc(N(c3ccccc3)c3ccc4sc5cc(C6(c7ccccc7)c7ccccc7-c7ccccc76)ccc5c4c3)cc2)cc1. The molecule has 0 spiro atoms. The monoisotopic (exact) mass is 1410 g/mol. The Morgan fingerprint density at radius 2 is 0.426 bits per heavy atom. The maximum atomic E-state index is 2.47. The number of thiophene rings is 2. The molecule has 17 aromatic carbocycles. The summed E-state index contributed by atoms with van der Waals surface area (Å²) in [6.45, 7) is 0. The van der Waals surface area contributed by atoms with Crippen LogP contribution in [0.25, 0.3) is 96.0 Å². The van der Waals surface area contributed by atoms with Crippen molar-refractivity contribution in [2.24, 2.45) is 0 Å². The number of fused-ring (bicyclic) bond motifs is 12. The highest BCUT2D eigenvalue weighted by Crippen LogP contribution is 2.59. The van der Waals surface area contributed by atoms with Crippen molar-refractivity contribution in [3.63, 3.8) is 0 Å². The second-order valence-electron chi connectivity index (χ2n) is 28.1. The van der Waals surface area contributed by atoms with E-state index in [4.69, 9.17) is 0 Å². The van der Waals surface area contributed by atoms with Gasteiger partial charge in [-0.25, -0.2) is 0 Å². The summed E-state index contributed by atoms with van der Waals surface area (Å²) in [5, 5.41) is 5.12. The second-order valence-corrected chi connectivity index (χ2v) is 30.3. The van der Waals surface area contributed by atoms with Crippen molar-refractivity contribution in [2.75, 3.05) is 9.80 Å². The van der Waals surface area contributed by atoms with Gasteiger partial charge in [-0.05, 0) is 197 Å². The lowest BCUT2D eigenvalue weighted by Crippen LogP contribution is -2.28. The fourth-order valence-corrected chi connectivity index (χ4v) is 19.7. The molecule has 2 aromatic heterocycles. The van der Waals surface area contributed by atoms with Gasteiger partial charge in [0, 0.05) is 74.5 Å². The normalized spacial score (nSPS) is 12.8. The molecule has 2 nitrogen and oxygen atoms in total. The van der Waals surface area contributed by atoms with Gasteiger partial charge in [0.05, 0.1) is 10.8 Å². The molecule has 2 aliphatic carbocycles. The predicted octanol–water partition coefficient (Wildman–Crippen LogP) is 28.8. The van der Waals surface area contributed by atoms with E-state index in [2.05, 4.69) is 434 Å². The van der Waals surface area contributed by atoms with E-state index in [1.54, 1.807) is 0 Å². The minimum Gasteiger partial charge on any atom is -0.310 e. The molecule has 508 valence electrons. The van der Waals surface area contributed by atoms with E-state index in [1.807, 2.05) is 22.7 Å². The zero-order chi connectivity index (χ0) is 71.5. The molecule has 0 amide bonds. The van der Waals surface area contributed by atoms with E-state index in [0.29, 0.717) is 0 Å². The van der Waals surface area contributed by atoms with Gasteiger partial charge in [0.25, 0.3) is 0 Å². The summed E-state index contributed by atoms with van der Waals surface area (Å²) in [6.07, 6.45) is 0. The highest BCUT2D eigenvalue weighted by atomic mass is 32.1. The van der Waals surface area contributed by atoms with E-state index in [9.17, 15) is 0 Å². The van der Waals surface area contributed by atoms with Gasteiger partial charge >= 0.3 is 0 Å². The summed E-state index contributed by atoms with van der Waals surface area (Å²) in [7, 11) is 0. The Hall–Kier alpha value is -13.2. The van der Waals surface area contributed by atoms with Crippen molar-refractivity contribution >= 4 is 97.1 Å². The number of para-hydroxylation sites is 1. The summed E-state index contributed by atoms with van der Waals surface area (Å²) in [5.41, 5.74) is 29.0. The third-order valence-corrected chi connectivity index (χ3v) is 24.6. The fraction of sp³-hybridized carbons (Fsp3) is 0.0192. The van der Waals surface area contributed by atoms with Crippen molar-refractivity contribution in [3.05, 3.63) is 469 Å². The zero-order valence-corrected chi connectivity index (χ0v) is 60.8. The van der Waals surface area contributed by atoms with Crippen LogP contribution in [0.5, 0.6) is 0 Å². The Morgan fingerprint density at radius 3 is 0.750 bits per heavy atom. The van der Waals surface area contributed by atoms with E-state index < -0.39 is 10.8 Å². The molecule has 0 bridgehead atoms. The molecule has 0 fully saturated rings. The molecule has 0 saturated carbocycles. The van der Waals surface area contributed by atoms with Crippen LogP contribution in [-0.4, -0.2) is 0 Å². The number of rotatable bonds is 13. The summed E-state index contributed by atoms with van der Waals surface area (Å²) >= 11 is 3.77. The molecule has 4 heteroatoms. The number of nitrogens with zero attached hydrogens (tertiary/aromatic N) is 2. The van der Waals surface area contributed by atoms with Crippen LogP contribution in [0, 0.1) is 0 Å². The van der Waals surface area contributed by atoms with Gasteiger partial charge in [-0.2, -0.15) is 0 Å². The van der Waals surface area contributed by atoms with Gasteiger partial charge in [-0.15, -0.1) is 22.7 Å². The molecule has 0 atom stereocenters. The smallest absolute Gasteiger partial charge is 0.0714 e. The van der Waals surface area contributed by atoms with Crippen LogP contribution in [0.4, 0.5) is 34.1 Å². The Bertz CT molecular complexity index is 6340. The van der Waals surface area contributed by atoms with Crippen molar-refractivity contribution in [3.8, 4) is 55.6 Å². The molecule has 0 aliphatic heterocycles.